The predicted molar refractivity (Wildman–Crippen MR) is 107 cm³/mol. The van der Waals surface area contributed by atoms with Crippen LogP contribution in [0.15, 0.2) is 60.7 Å². The van der Waals surface area contributed by atoms with Crippen molar-refractivity contribution in [3.63, 3.8) is 0 Å². The van der Waals surface area contributed by atoms with Crippen molar-refractivity contribution < 1.29 is 65.4 Å². The quantitative estimate of drug-likeness (QED) is 0.329. The first-order valence-corrected chi connectivity index (χ1v) is 8.80. The first kappa shape index (κ1) is 28.1. The van der Waals surface area contributed by atoms with E-state index in [2.05, 4.69) is 62.4 Å². The Morgan fingerprint density at radius 2 is 0.846 bits per heavy atom. The Morgan fingerprint density at radius 1 is 0.538 bits per heavy atom. The molecule has 2 radical (unpaired) electrons. The molecule has 0 spiro atoms. The van der Waals surface area contributed by atoms with E-state index in [1.807, 2.05) is 52.0 Å². The Kier molecular flexibility index (Phi) is 17.2. The number of rotatable bonds is 2. The summed E-state index contributed by atoms with van der Waals surface area (Å²) in [5, 5.41) is 0. The Morgan fingerprint density at radius 3 is 1.12 bits per heavy atom. The van der Waals surface area contributed by atoms with Crippen molar-refractivity contribution >= 4 is 0 Å². The van der Waals surface area contributed by atoms with Crippen LogP contribution in [0.2, 0.25) is 0 Å². The van der Waals surface area contributed by atoms with Crippen molar-refractivity contribution in [3.8, 4) is 22.3 Å². The number of aryl methyl sites for hydroxylation is 2. The van der Waals surface area contributed by atoms with Gasteiger partial charge in [0.05, 0.1) is 0 Å². The molecule has 0 saturated carbocycles. The average Bonchev–Trinajstić information content (AvgIpc) is 2.66. The van der Waals surface area contributed by atoms with E-state index in [1.165, 1.54) is 33.4 Å². The molecule has 0 unspecified atom stereocenters. The zero-order chi connectivity index (χ0) is 17.9. The summed E-state index contributed by atoms with van der Waals surface area (Å²) in [5.41, 5.74) is 7.52. The maximum absolute atomic E-state index is 3.15. The molecule has 0 N–H and O–H groups in total. The van der Waals surface area contributed by atoms with Gasteiger partial charge in [-0.3, -0.25) is 0 Å². The second-order valence-electron chi connectivity index (χ2n) is 5.06. The van der Waals surface area contributed by atoms with Crippen LogP contribution in [-0.4, -0.2) is 0 Å². The predicted octanol–water partition coefficient (Wildman–Crippen LogP) is 7.29. The maximum atomic E-state index is 3.15. The van der Waals surface area contributed by atoms with Gasteiger partial charge in [-0.2, -0.15) is 59.7 Å². The van der Waals surface area contributed by atoms with Gasteiger partial charge in [-0.05, 0) is 0 Å². The molecule has 3 aromatic rings. The van der Waals surface area contributed by atoms with E-state index in [1.54, 1.807) is 0 Å². The standard InChI is InChI=1S/C20H16.2C2H6.2Y/c1-15-7-3-5-9-19(15)17-11-13-18(14-12-17)20-10-6-4-8-16(20)2;2*1-2;;/h3-4,7-14H,1-2H3;2*1-2H3;;/q-2;;;;. The van der Waals surface area contributed by atoms with Gasteiger partial charge in [0.2, 0.25) is 0 Å². The number of hydrogen-bond donors (Lipinski definition) is 0. The van der Waals surface area contributed by atoms with Crippen LogP contribution in [0.3, 0.4) is 0 Å². The van der Waals surface area contributed by atoms with Crippen molar-refractivity contribution in [1.29, 1.82) is 0 Å². The van der Waals surface area contributed by atoms with Crippen LogP contribution in [0, 0.1) is 26.0 Å². The topological polar surface area (TPSA) is 0 Å². The van der Waals surface area contributed by atoms with E-state index in [-0.39, 0.29) is 65.4 Å². The molecule has 3 rings (SSSR count). The minimum atomic E-state index is 0. The van der Waals surface area contributed by atoms with E-state index in [0.717, 1.165) is 0 Å². The summed E-state index contributed by atoms with van der Waals surface area (Å²) in [5.74, 6) is 0. The van der Waals surface area contributed by atoms with Crippen LogP contribution < -0.4 is 0 Å². The van der Waals surface area contributed by atoms with Crippen LogP contribution in [-0.2, 0) is 65.4 Å². The largest absolute Gasteiger partial charge is 0.183 e. The number of hydrogen-bond acceptors (Lipinski definition) is 0. The van der Waals surface area contributed by atoms with Gasteiger partial charge in [0.1, 0.15) is 0 Å². The zero-order valence-electron chi connectivity index (χ0n) is 16.9. The summed E-state index contributed by atoms with van der Waals surface area (Å²) in [4.78, 5) is 0. The van der Waals surface area contributed by atoms with Gasteiger partial charge in [0.15, 0.2) is 0 Å². The normalized spacial score (nSPS) is 8.54. The van der Waals surface area contributed by atoms with Crippen LogP contribution in [0.1, 0.15) is 38.8 Å². The van der Waals surface area contributed by atoms with Gasteiger partial charge >= 0.3 is 0 Å². The fourth-order valence-corrected chi connectivity index (χ4v) is 2.47. The van der Waals surface area contributed by atoms with Crippen molar-refractivity contribution in [2.45, 2.75) is 41.5 Å². The van der Waals surface area contributed by atoms with Crippen molar-refractivity contribution in [3.05, 3.63) is 83.9 Å². The summed E-state index contributed by atoms with van der Waals surface area (Å²) in [6, 6.07) is 27.2. The minimum absolute atomic E-state index is 0. The average molecular weight is 494 g/mol. The molecule has 0 saturated heterocycles. The summed E-state index contributed by atoms with van der Waals surface area (Å²) in [6.07, 6.45) is 0. The molecular weight excluding hydrogens is 466 g/mol. The Balaban J connectivity index is 0. The molecule has 26 heavy (non-hydrogen) atoms. The second-order valence-corrected chi connectivity index (χ2v) is 5.06. The first-order chi connectivity index (χ1) is 11.8. The van der Waals surface area contributed by atoms with Gasteiger partial charge in [-0.15, -0.1) is 11.1 Å². The van der Waals surface area contributed by atoms with Crippen LogP contribution in [0.4, 0.5) is 0 Å². The third-order valence-electron chi connectivity index (χ3n) is 3.67. The van der Waals surface area contributed by atoms with Crippen molar-refractivity contribution in [1.82, 2.24) is 0 Å². The summed E-state index contributed by atoms with van der Waals surface area (Å²) < 4.78 is 0. The van der Waals surface area contributed by atoms with Gasteiger partial charge in [-0.1, -0.05) is 76.9 Å². The summed E-state index contributed by atoms with van der Waals surface area (Å²) >= 11 is 0. The van der Waals surface area contributed by atoms with Crippen LogP contribution >= 0.6 is 0 Å². The second kappa shape index (κ2) is 15.9. The monoisotopic (exact) mass is 494 g/mol. The summed E-state index contributed by atoms with van der Waals surface area (Å²) in [7, 11) is 0. The Bertz CT molecular complexity index is 667. The van der Waals surface area contributed by atoms with Gasteiger partial charge in [0.25, 0.3) is 0 Å². The van der Waals surface area contributed by atoms with Gasteiger partial charge in [0, 0.05) is 65.4 Å². The van der Waals surface area contributed by atoms with E-state index in [0.29, 0.717) is 0 Å². The maximum Gasteiger partial charge on any atom is 0 e. The number of benzene rings is 3. The molecule has 0 heterocycles. The third kappa shape index (κ3) is 7.85. The van der Waals surface area contributed by atoms with E-state index < -0.39 is 0 Å². The molecule has 2 heteroatoms. The Labute approximate surface area is 211 Å². The molecule has 3 aromatic carbocycles. The van der Waals surface area contributed by atoms with E-state index >= 15 is 0 Å². The van der Waals surface area contributed by atoms with Crippen molar-refractivity contribution in [2.24, 2.45) is 0 Å². The third-order valence-corrected chi connectivity index (χ3v) is 3.67. The molecular formula is C24H28Y2-2. The molecule has 0 atom stereocenters. The fourth-order valence-electron chi connectivity index (χ4n) is 2.47. The molecule has 0 aromatic heterocycles. The first-order valence-electron chi connectivity index (χ1n) is 8.80. The molecule has 0 fully saturated rings. The SMILES string of the molecule is CC.CC.Cc1cc[c-]cc1-c1ccc(-c2c[c-]ccc2C)cc1.[Y].[Y]. The molecule has 0 amide bonds. The van der Waals surface area contributed by atoms with E-state index in [4.69, 9.17) is 0 Å². The molecule has 0 aliphatic rings. The van der Waals surface area contributed by atoms with Crippen LogP contribution in [0.5, 0.6) is 0 Å². The van der Waals surface area contributed by atoms with Crippen molar-refractivity contribution in [2.75, 3.05) is 0 Å². The molecule has 0 bridgehead atoms. The minimum Gasteiger partial charge on any atom is -0.183 e. The van der Waals surface area contributed by atoms with Gasteiger partial charge in [-0.25, -0.2) is 0 Å². The smallest absolute Gasteiger partial charge is 0 e. The fraction of sp³-hybridized carbons (Fsp3) is 0.250. The zero-order valence-corrected chi connectivity index (χ0v) is 22.6. The Hall–Kier alpha value is -0.132. The molecule has 0 aliphatic carbocycles. The molecule has 0 nitrogen and oxygen atoms in total. The van der Waals surface area contributed by atoms with E-state index in [9.17, 15) is 0 Å². The van der Waals surface area contributed by atoms with Crippen LogP contribution in [0.25, 0.3) is 22.3 Å². The molecule has 0 aliphatic heterocycles. The van der Waals surface area contributed by atoms with Gasteiger partial charge < -0.3 is 0 Å². The molecule has 132 valence electrons. The summed E-state index contributed by atoms with van der Waals surface area (Å²) in [6.45, 7) is 12.3.